The number of hydrogen-bond acceptors (Lipinski definition) is 2. The summed E-state index contributed by atoms with van der Waals surface area (Å²) in [5.74, 6) is 1.61. The van der Waals surface area contributed by atoms with E-state index in [1.54, 1.807) is 0 Å². The van der Waals surface area contributed by atoms with E-state index in [1.807, 2.05) is 48.5 Å². The van der Waals surface area contributed by atoms with Gasteiger partial charge in [0.2, 0.25) is 6.79 Å². The average Bonchev–Trinajstić information content (AvgIpc) is 2.49. The highest BCUT2D eigenvalue weighted by molar-refractivity contribution is 9.08. The van der Waals surface area contributed by atoms with Gasteiger partial charge in [0.05, 0.1) is 0 Å². The quantitative estimate of drug-likeness (QED) is 0.520. The van der Waals surface area contributed by atoms with Gasteiger partial charge in [-0.3, -0.25) is 0 Å². The van der Waals surface area contributed by atoms with Crippen LogP contribution < -0.4 is 9.47 Å². The van der Waals surface area contributed by atoms with Crippen LogP contribution in [0, 0.1) is 0 Å². The number of ether oxygens (including phenoxy) is 2. The van der Waals surface area contributed by atoms with E-state index in [-0.39, 0.29) is 6.79 Å². The van der Waals surface area contributed by atoms with Crippen molar-refractivity contribution in [2.45, 2.75) is 10.7 Å². The van der Waals surface area contributed by atoms with Crippen molar-refractivity contribution in [2.24, 2.45) is 0 Å². The maximum absolute atomic E-state index is 5.52. The van der Waals surface area contributed by atoms with Crippen LogP contribution in [0.2, 0.25) is 0 Å². The molecule has 2 nitrogen and oxygen atoms in total. The lowest BCUT2D eigenvalue weighted by Crippen LogP contribution is -2.05. The van der Waals surface area contributed by atoms with Gasteiger partial charge in [-0.15, -0.1) is 0 Å². The second-order valence-electron chi connectivity index (χ2n) is 3.96. The lowest BCUT2D eigenvalue weighted by molar-refractivity contribution is 0.120. The maximum atomic E-state index is 5.52. The number of rotatable bonds is 6. The fraction of sp³-hybridized carbons (Fsp3) is 0.200. The summed E-state index contributed by atoms with van der Waals surface area (Å²) in [6.45, 7) is 0.210. The van der Waals surface area contributed by atoms with Gasteiger partial charge < -0.3 is 9.47 Å². The van der Waals surface area contributed by atoms with E-state index >= 15 is 0 Å². The van der Waals surface area contributed by atoms with Crippen LogP contribution in [-0.2, 0) is 10.7 Å². The molecule has 0 bridgehead atoms. The topological polar surface area (TPSA) is 18.5 Å². The maximum Gasteiger partial charge on any atom is 0.230 e. The molecule has 0 fully saturated rings. The second kappa shape index (κ2) is 7.56. The van der Waals surface area contributed by atoms with Crippen molar-refractivity contribution >= 4 is 31.9 Å². The van der Waals surface area contributed by atoms with Crippen molar-refractivity contribution in [1.29, 1.82) is 0 Å². The Morgan fingerprint density at radius 2 is 1.00 bits per heavy atom. The first-order valence-corrected chi connectivity index (χ1v) is 8.11. The molecule has 100 valence electrons. The van der Waals surface area contributed by atoms with Crippen LogP contribution in [0.5, 0.6) is 11.5 Å². The minimum atomic E-state index is 0.210. The molecular formula is C15H14Br2O2. The fourth-order valence-corrected chi connectivity index (χ4v) is 2.26. The molecule has 0 saturated heterocycles. The molecule has 0 saturated carbocycles. The monoisotopic (exact) mass is 384 g/mol. The van der Waals surface area contributed by atoms with E-state index < -0.39 is 0 Å². The van der Waals surface area contributed by atoms with Gasteiger partial charge in [0.1, 0.15) is 11.5 Å². The molecule has 0 aliphatic rings. The molecule has 0 amide bonds. The largest absolute Gasteiger partial charge is 0.458 e. The van der Waals surface area contributed by atoms with Crippen molar-refractivity contribution in [3.8, 4) is 11.5 Å². The SMILES string of the molecule is BrCc1ccc(OCOc2ccc(CBr)cc2)cc1. The summed E-state index contributed by atoms with van der Waals surface area (Å²) in [6, 6.07) is 15.8. The van der Waals surface area contributed by atoms with Crippen molar-refractivity contribution < 1.29 is 9.47 Å². The van der Waals surface area contributed by atoms with Crippen LogP contribution in [0.15, 0.2) is 48.5 Å². The molecule has 2 rings (SSSR count). The Labute approximate surface area is 130 Å². The van der Waals surface area contributed by atoms with Crippen LogP contribution in [-0.4, -0.2) is 6.79 Å². The molecule has 0 N–H and O–H groups in total. The molecule has 0 heterocycles. The average molecular weight is 386 g/mol. The zero-order valence-electron chi connectivity index (χ0n) is 10.3. The minimum absolute atomic E-state index is 0.210. The van der Waals surface area contributed by atoms with Crippen molar-refractivity contribution in [3.05, 3.63) is 59.7 Å². The third-order valence-electron chi connectivity index (χ3n) is 2.61. The second-order valence-corrected chi connectivity index (χ2v) is 5.08. The Morgan fingerprint density at radius 1 is 0.632 bits per heavy atom. The summed E-state index contributed by atoms with van der Waals surface area (Å²) in [7, 11) is 0. The van der Waals surface area contributed by atoms with Gasteiger partial charge in [0.15, 0.2) is 0 Å². The van der Waals surface area contributed by atoms with Crippen LogP contribution in [0.3, 0.4) is 0 Å². The predicted molar refractivity (Wildman–Crippen MR) is 84.3 cm³/mol. The van der Waals surface area contributed by atoms with Gasteiger partial charge >= 0.3 is 0 Å². The van der Waals surface area contributed by atoms with Crippen LogP contribution in [0.25, 0.3) is 0 Å². The zero-order valence-corrected chi connectivity index (χ0v) is 13.5. The summed E-state index contributed by atoms with van der Waals surface area (Å²) >= 11 is 6.82. The normalized spacial score (nSPS) is 10.2. The Hall–Kier alpha value is -1.00. The Morgan fingerprint density at radius 3 is 1.32 bits per heavy atom. The van der Waals surface area contributed by atoms with E-state index in [4.69, 9.17) is 9.47 Å². The summed E-state index contributed by atoms with van der Waals surface area (Å²) < 4.78 is 11.0. The van der Waals surface area contributed by atoms with Gasteiger partial charge in [-0.25, -0.2) is 0 Å². The van der Waals surface area contributed by atoms with Gasteiger partial charge in [0, 0.05) is 10.7 Å². The molecule has 2 aromatic rings. The van der Waals surface area contributed by atoms with E-state index in [1.165, 1.54) is 11.1 Å². The van der Waals surface area contributed by atoms with Crippen molar-refractivity contribution in [1.82, 2.24) is 0 Å². The predicted octanol–water partition coefficient (Wildman–Crippen LogP) is 4.89. The van der Waals surface area contributed by atoms with E-state index in [9.17, 15) is 0 Å². The summed E-state index contributed by atoms with van der Waals surface area (Å²) in [4.78, 5) is 0. The molecule has 0 radical (unpaired) electrons. The summed E-state index contributed by atoms with van der Waals surface area (Å²) in [6.07, 6.45) is 0. The number of alkyl halides is 2. The van der Waals surface area contributed by atoms with Gasteiger partial charge in [0.25, 0.3) is 0 Å². The molecule has 0 spiro atoms. The summed E-state index contributed by atoms with van der Waals surface area (Å²) in [5.41, 5.74) is 2.44. The van der Waals surface area contributed by atoms with Gasteiger partial charge in [-0.2, -0.15) is 0 Å². The third kappa shape index (κ3) is 4.55. The smallest absolute Gasteiger partial charge is 0.230 e. The van der Waals surface area contributed by atoms with Crippen LogP contribution in [0.4, 0.5) is 0 Å². The Kier molecular flexibility index (Phi) is 5.73. The molecule has 0 atom stereocenters. The lowest BCUT2D eigenvalue weighted by Gasteiger charge is -2.09. The lowest BCUT2D eigenvalue weighted by atomic mass is 10.2. The number of benzene rings is 2. The molecule has 0 aliphatic carbocycles. The molecule has 0 unspecified atom stereocenters. The standard InChI is InChI=1S/C15H14Br2O2/c16-9-12-1-5-14(6-2-12)18-11-19-15-7-3-13(10-17)4-8-15/h1-8H,9-11H2. The summed E-state index contributed by atoms with van der Waals surface area (Å²) in [5, 5.41) is 1.70. The highest BCUT2D eigenvalue weighted by Crippen LogP contribution is 2.16. The van der Waals surface area contributed by atoms with Gasteiger partial charge in [-0.05, 0) is 35.4 Å². The van der Waals surface area contributed by atoms with Crippen molar-refractivity contribution in [3.63, 3.8) is 0 Å². The third-order valence-corrected chi connectivity index (χ3v) is 3.90. The first kappa shape index (κ1) is 14.4. The fourth-order valence-electron chi connectivity index (χ4n) is 1.52. The number of hydrogen-bond donors (Lipinski definition) is 0. The minimum Gasteiger partial charge on any atom is -0.458 e. The van der Waals surface area contributed by atoms with E-state index in [0.717, 1.165) is 22.2 Å². The Bertz CT molecular complexity index is 447. The molecule has 19 heavy (non-hydrogen) atoms. The highest BCUT2D eigenvalue weighted by atomic mass is 79.9. The molecule has 4 heteroatoms. The first-order chi connectivity index (χ1) is 9.31. The first-order valence-electron chi connectivity index (χ1n) is 5.87. The Balaban J connectivity index is 1.81. The van der Waals surface area contributed by atoms with Gasteiger partial charge in [-0.1, -0.05) is 56.1 Å². The molecule has 0 aliphatic heterocycles. The van der Waals surface area contributed by atoms with Crippen LogP contribution >= 0.6 is 31.9 Å². The molecule has 2 aromatic carbocycles. The van der Waals surface area contributed by atoms with Crippen molar-refractivity contribution in [2.75, 3.05) is 6.79 Å². The number of halogens is 2. The van der Waals surface area contributed by atoms with Crippen LogP contribution in [0.1, 0.15) is 11.1 Å². The zero-order chi connectivity index (χ0) is 13.5. The molecule has 0 aromatic heterocycles. The highest BCUT2D eigenvalue weighted by Gasteiger charge is 1.97. The van der Waals surface area contributed by atoms with E-state index in [2.05, 4.69) is 31.9 Å². The molecular weight excluding hydrogens is 372 g/mol. The van der Waals surface area contributed by atoms with E-state index in [0.29, 0.717) is 0 Å².